The van der Waals surface area contributed by atoms with Gasteiger partial charge in [-0.25, -0.2) is 8.42 Å². The summed E-state index contributed by atoms with van der Waals surface area (Å²) in [6, 6.07) is 1.51. The number of sulfonamides is 1. The van der Waals surface area contributed by atoms with Crippen LogP contribution >= 0.6 is 0 Å². The zero-order valence-electron chi connectivity index (χ0n) is 10.2. The van der Waals surface area contributed by atoms with Crippen molar-refractivity contribution in [1.82, 2.24) is 14.1 Å². The van der Waals surface area contributed by atoms with Crippen molar-refractivity contribution < 1.29 is 13.5 Å². The molecular weight excluding hydrogens is 254 g/mol. The van der Waals surface area contributed by atoms with Crippen LogP contribution in [0, 0.1) is 11.8 Å². The van der Waals surface area contributed by atoms with Gasteiger partial charge in [0.25, 0.3) is 10.0 Å². The Morgan fingerprint density at radius 3 is 2.78 bits per heavy atom. The lowest BCUT2D eigenvalue weighted by Gasteiger charge is -2.18. The lowest BCUT2D eigenvalue weighted by molar-refractivity contribution is 0.129. The first-order valence-corrected chi connectivity index (χ1v) is 7.60. The summed E-state index contributed by atoms with van der Waals surface area (Å²) in [5, 5.41) is 14.0. The summed E-state index contributed by atoms with van der Waals surface area (Å²) in [5.74, 6) is 0.413. The van der Waals surface area contributed by atoms with Gasteiger partial charge in [-0.1, -0.05) is 0 Å². The van der Waals surface area contributed by atoms with Gasteiger partial charge in [-0.05, 0) is 24.8 Å². The molecule has 0 amide bonds. The minimum Gasteiger partial charge on any atom is -0.393 e. The summed E-state index contributed by atoms with van der Waals surface area (Å²) in [6.45, 7) is 0.953. The van der Waals surface area contributed by atoms with E-state index in [9.17, 15) is 13.5 Å². The molecule has 0 radical (unpaired) electrons. The molecule has 1 aliphatic carbocycles. The second-order valence-electron chi connectivity index (χ2n) is 5.18. The molecule has 1 saturated carbocycles. The maximum atomic E-state index is 12.4. The molecular formula is C11H17N3O3S. The quantitative estimate of drug-likeness (QED) is 0.809. The first-order chi connectivity index (χ1) is 8.50. The van der Waals surface area contributed by atoms with E-state index in [1.165, 1.54) is 21.3 Å². The van der Waals surface area contributed by atoms with Gasteiger partial charge in [-0.3, -0.25) is 4.68 Å². The largest absolute Gasteiger partial charge is 0.393 e. The summed E-state index contributed by atoms with van der Waals surface area (Å²) in [6.07, 6.45) is 2.86. The highest BCUT2D eigenvalue weighted by Crippen LogP contribution is 2.39. The maximum Gasteiger partial charge on any atom is 0.260 e. The van der Waals surface area contributed by atoms with Crippen LogP contribution in [0.15, 0.2) is 17.3 Å². The molecule has 0 spiro atoms. The molecule has 2 heterocycles. The van der Waals surface area contributed by atoms with E-state index in [-0.39, 0.29) is 17.0 Å². The van der Waals surface area contributed by atoms with Crippen LogP contribution in [-0.2, 0) is 17.1 Å². The minimum absolute atomic E-state index is 0.105. The second kappa shape index (κ2) is 4.04. The molecule has 1 aliphatic heterocycles. The first-order valence-electron chi connectivity index (χ1n) is 6.16. The van der Waals surface area contributed by atoms with Crippen molar-refractivity contribution >= 4 is 10.0 Å². The van der Waals surface area contributed by atoms with Gasteiger partial charge >= 0.3 is 0 Å². The highest BCUT2D eigenvalue weighted by molar-refractivity contribution is 7.89. The Bertz CT molecular complexity index is 554. The van der Waals surface area contributed by atoms with Gasteiger partial charge in [0, 0.05) is 26.1 Å². The van der Waals surface area contributed by atoms with Crippen LogP contribution in [0.2, 0.25) is 0 Å². The summed E-state index contributed by atoms with van der Waals surface area (Å²) >= 11 is 0. The molecule has 100 valence electrons. The molecule has 3 atom stereocenters. The third-order valence-corrected chi connectivity index (χ3v) is 6.07. The van der Waals surface area contributed by atoms with Crippen LogP contribution in [0.1, 0.15) is 12.8 Å². The number of rotatable bonds is 2. The van der Waals surface area contributed by atoms with Crippen LogP contribution in [0.4, 0.5) is 0 Å². The van der Waals surface area contributed by atoms with Gasteiger partial charge in [-0.2, -0.15) is 9.40 Å². The van der Waals surface area contributed by atoms with Gasteiger partial charge in [0.15, 0.2) is 5.03 Å². The van der Waals surface area contributed by atoms with Crippen molar-refractivity contribution in [3.63, 3.8) is 0 Å². The number of nitrogens with zero attached hydrogens (tertiary/aromatic N) is 3. The molecule has 0 bridgehead atoms. The van der Waals surface area contributed by atoms with E-state index >= 15 is 0 Å². The van der Waals surface area contributed by atoms with E-state index < -0.39 is 10.0 Å². The maximum absolute atomic E-state index is 12.4. The molecule has 7 heteroatoms. The summed E-state index contributed by atoms with van der Waals surface area (Å²) < 4.78 is 27.7. The van der Waals surface area contributed by atoms with Crippen LogP contribution < -0.4 is 0 Å². The summed E-state index contributed by atoms with van der Waals surface area (Å²) in [4.78, 5) is 0. The smallest absolute Gasteiger partial charge is 0.260 e. The number of hydrogen-bond donors (Lipinski definition) is 1. The van der Waals surface area contributed by atoms with Gasteiger partial charge < -0.3 is 5.11 Å². The van der Waals surface area contributed by atoms with Gasteiger partial charge in [0.1, 0.15) is 0 Å². The number of aromatic nitrogens is 2. The molecule has 1 aromatic rings. The van der Waals surface area contributed by atoms with Crippen LogP contribution in [0.5, 0.6) is 0 Å². The Hall–Kier alpha value is -0.920. The average Bonchev–Trinajstić information content (AvgIpc) is 2.96. The number of fused-ring (bicyclic) bond motifs is 1. The van der Waals surface area contributed by atoms with E-state index in [0.29, 0.717) is 19.0 Å². The lowest BCUT2D eigenvalue weighted by Crippen LogP contribution is -2.32. The Labute approximate surface area is 106 Å². The Kier molecular flexibility index (Phi) is 2.72. The SMILES string of the molecule is Cn1nccc1S(=O)(=O)N1CC2CCC(O)C2C1. The van der Waals surface area contributed by atoms with Gasteiger partial charge in [0.2, 0.25) is 0 Å². The van der Waals surface area contributed by atoms with Gasteiger partial charge in [0.05, 0.1) is 12.3 Å². The fraction of sp³-hybridized carbons (Fsp3) is 0.727. The fourth-order valence-corrected chi connectivity index (χ4v) is 4.77. The van der Waals surface area contributed by atoms with E-state index in [0.717, 1.165) is 12.8 Å². The zero-order chi connectivity index (χ0) is 12.9. The third kappa shape index (κ3) is 1.69. The van der Waals surface area contributed by atoms with Crippen LogP contribution in [0.25, 0.3) is 0 Å². The molecule has 0 aromatic carbocycles. The van der Waals surface area contributed by atoms with Crippen LogP contribution in [-0.4, -0.2) is 46.8 Å². The monoisotopic (exact) mass is 271 g/mol. The molecule has 2 aliphatic rings. The molecule has 2 fully saturated rings. The van der Waals surface area contributed by atoms with Gasteiger partial charge in [-0.15, -0.1) is 0 Å². The Morgan fingerprint density at radius 1 is 1.39 bits per heavy atom. The van der Waals surface area contributed by atoms with Crippen molar-refractivity contribution in [1.29, 1.82) is 0 Å². The molecule has 18 heavy (non-hydrogen) atoms. The normalized spacial score (nSPS) is 32.9. The molecule has 1 aromatic heterocycles. The molecule has 6 nitrogen and oxygen atoms in total. The summed E-state index contributed by atoms with van der Waals surface area (Å²) in [5.41, 5.74) is 0. The zero-order valence-corrected chi connectivity index (χ0v) is 11.0. The molecule has 3 rings (SSSR count). The number of aliphatic hydroxyl groups is 1. The van der Waals surface area contributed by atoms with E-state index in [2.05, 4.69) is 5.10 Å². The molecule has 1 saturated heterocycles. The average molecular weight is 271 g/mol. The van der Waals surface area contributed by atoms with E-state index in [1.54, 1.807) is 7.05 Å². The molecule has 1 N–H and O–H groups in total. The Balaban J connectivity index is 1.87. The highest BCUT2D eigenvalue weighted by Gasteiger charge is 2.46. The predicted octanol–water partition coefficient (Wildman–Crippen LogP) is -0.189. The van der Waals surface area contributed by atoms with Crippen molar-refractivity contribution in [3.05, 3.63) is 12.3 Å². The Morgan fingerprint density at radius 2 is 2.17 bits per heavy atom. The van der Waals surface area contributed by atoms with E-state index in [4.69, 9.17) is 0 Å². The third-order valence-electron chi connectivity index (χ3n) is 4.17. The van der Waals surface area contributed by atoms with E-state index in [1.807, 2.05) is 0 Å². The lowest BCUT2D eigenvalue weighted by atomic mass is 10.00. The standard InChI is InChI=1S/C11H17N3O3S/c1-13-11(4-5-12-13)18(16,17)14-6-8-2-3-10(15)9(8)7-14/h4-5,8-10,15H,2-3,6-7H2,1H3. The fourth-order valence-electron chi connectivity index (χ4n) is 3.14. The minimum atomic E-state index is -3.47. The van der Waals surface area contributed by atoms with Crippen molar-refractivity contribution in [3.8, 4) is 0 Å². The predicted molar refractivity (Wildman–Crippen MR) is 64.2 cm³/mol. The number of hydrogen-bond acceptors (Lipinski definition) is 4. The van der Waals surface area contributed by atoms with Crippen molar-refractivity contribution in [2.75, 3.05) is 13.1 Å². The van der Waals surface area contributed by atoms with Crippen molar-refractivity contribution in [2.24, 2.45) is 18.9 Å². The number of aliphatic hydroxyl groups excluding tert-OH is 1. The van der Waals surface area contributed by atoms with Crippen molar-refractivity contribution in [2.45, 2.75) is 24.0 Å². The topological polar surface area (TPSA) is 75.4 Å². The first kappa shape index (κ1) is 12.1. The number of aryl methyl sites for hydroxylation is 1. The summed E-state index contributed by atoms with van der Waals surface area (Å²) in [7, 11) is -1.85. The molecule has 3 unspecified atom stereocenters. The highest BCUT2D eigenvalue weighted by atomic mass is 32.2. The van der Waals surface area contributed by atoms with Crippen LogP contribution in [0.3, 0.4) is 0 Å². The second-order valence-corrected chi connectivity index (χ2v) is 7.07.